The largest absolute Gasteiger partial charge is 0.344 e. The van der Waals surface area contributed by atoms with Crippen LogP contribution >= 0.6 is 0 Å². The molecular weight excluding hydrogens is 252 g/mol. The number of aromatic nitrogens is 3. The van der Waals surface area contributed by atoms with E-state index < -0.39 is 0 Å². The lowest BCUT2D eigenvalue weighted by molar-refractivity contribution is 0.0927. The highest BCUT2D eigenvalue weighted by molar-refractivity contribution is 5.92. The van der Waals surface area contributed by atoms with Gasteiger partial charge in [-0.15, -0.1) is 0 Å². The molecule has 1 aliphatic carbocycles. The van der Waals surface area contributed by atoms with E-state index in [-0.39, 0.29) is 11.9 Å². The molecule has 0 fully saturated rings. The fraction of sp³-hybridized carbons (Fsp3) is 0.400. The second-order valence-corrected chi connectivity index (χ2v) is 5.25. The van der Waals surface area contributed by atoms with Crippen molar-refractivity contribution >= 4 is 5.91 Å². The minimum absolute atomic E-state index is 0.0438. The van der Waals surface area contributed by atoms with Crippen molar-refractivity contribution < 1.29 is 4.79 Å². The van der Waals surface area contributed by atoms with Crippen LogP contribution in [0.4, 0.5) is 0 Å². The molecule has 0 radical (unpaired) electrons. The van der Waals surface area contributed by atoms with Gasteiger partial charge in [-0.1, -0.05) is 6.07 Å². The topological polar surface area (TPSA) is 59.8 Å². The van der Waals surface area contributed by atoms with Gasteiger partial charge in [-0.25, -0.2) is 4.98 Å². The Morgan fingerprint density at radius 3 is 3.10 bits per heavy atom. The van der Waals surface area contributed by atoms with E-state index in [9.17, 15) is 4.79 Å². The van der Waals surface area contributed by atoms with Crippen LogP contribution in [-0.4, -0.2) is 20.7 Å². The molecule has 0 bridgehead atoms. The zero-order valence-electron chi connectivity index (χ0n) is 11.8. The van der Waals surface area contributed by atoms with Gasteiger partial charge < -0.3 is 5.32 Å². The molecule has 2 heterocycles. The van der Waals surface area contributed by atoms with Crippen LogP contribution in [0.15, 0.2) is 24.4 Å². The van der Waals surface area contributed by atoms with Gasteiger partial charge in [-0.2, -0.15) is 5.10 Å². The van der Waals surface area contributed by atoms with Crippen LogP contribution < -0.4 is 5.32 Å². The number of hydrogen-bond acceptors (Lipinski definition) is 3. The molecule has 0 saturated heterocycles. The first-order chi connectivity index (χ1) is 9.65. The number of rotatable bonds is 2. The van der Waals surface area contributed by atoms with E-state index >= 15 is 0 Å². The molecule has 1 aliphatic rings. The molecule has 0 saturated carbocycles. The smallest absolute Gasteiger partial charge is 0.270 e. The van der Waals surface area contributed by atoms with Gasteiger partial charge in [0.1, 0.15) is 5.69 Å². The van der Waals surface area contributed by atoms with Gasteiger partial charge in [-0.3, -0.25) is 9.48 Å². The Balaban J connectivity index is 1.80. The second kappa shape index (κ2) is 5.07. The van der Waals surface area contributed by atoms with Crippen LogP contribution in [0.3, 0.4) is 0 Å². The van der Waals surface area contributed by atoms with E-state index in [1.165, 1.54) is 5.69 Å². The predicted octanol–water partition coefficient (Wildman–Crippen LogP) is 1.93. The minimum atomic E-state index is -0.115. The van der Waals surface area contributed by atoms with E-state index in [0.29, 0.717) is 5.69 Å². The van der Waals surface area contributed by atoms with Crippen LogP contribution in [0.25, 0.3) is 0 Å². The Morgan fingerprint density at radius 1 is 1.45 bits per heavy atom. The summed E-state index contributed by atoms with van der Waals surface area (Å²) in [5.41, 5.74) is 3.68. The third kappa shape index (κ3) is 2.31. The molecule has 0 aliphatic heterocycles. The Bertz CT molecular complexity index is 647. The van der Waals surface area contributed by atoms with E-state index in [4.69, 9.17) is 0 Å². The van der Waals surface area contributed by atoms with Crippen LogP contribution in [0.5, 0.6) is 0 Å². The predicted molar refractivity (Wildman–Crippen MR) is 75.3 cm³/mol. The molecule has 5 heteroatoms. The van der Waals surface area contributed by atoms with Crippen molar-refractivity contribution in [2.24, 2.45) is 7.05 Å². The fourth-order valence-electron chi connectivity index (χ4n) is 2.76. The number of nitrogens with zero attached hydrogens (tertiary/aromatic N) is 3. The molecule has 1 atom stereocenters. The van der Waals surface area contributed by atoms with Crippen molar-refractivity contribution in [2.75, 3.05) is 0 Å². The number of pyridine rings is 1. The number of aryl methyl sites for hydroxylation is 2. The average Bonchev–Trinajstić information content (AvgIpc) is 2.82. The van der Waals surface area contributed by atoms with Crippen molar-refractivity contribution in [3.05, 3.63) is 47.0 Å². The first kappa shape index (κ1) is 12.8. The zero-order chi connectivity index (χ0) is 14.1. The van der Waals surface area contributed by atoms with Crippen molar-refractivity contribution in [3.8, 4) is 0 Å². The quantitative estimate of drug-likeness (QED) is 0.907. The highest BCUT2D eigenvalue weighted by Gasteiger charge is 2.25. The number of carbonyl (C=O) groups excluding carboxylic acids is 1. The van der Waals surface area contributed by atoms with Crippen molar-refractivity contribution in [2.45, 2.75) is 32.2 Å². The summed E-state index contributed by atoms with van der Waals surface area (Å²) in [7, 11) is 1.95. The summed E-state index contributed by atoms with van der Waals surface area (Å²) in [4.78, 5) is 16.5. The Hall–Kier alpha value is -2.17. The highest BCUT2D eigenvalue weighted by Crippen LogP contribution is 2.29. The maximum atomic E-state index is 12.3. The molecule has 2 aromatic rings. The average molecular weight is 270 g/mol. The zero-order valence-corrected chi connectivity index (χ0v) is 11.8. The molecule has 5 nitrogen and oxygen atoms in total. The third-order valence-electron chi connectivity index (χ3n) is 3.80. The van der Waals surface area contributed by atoms with Gasteiger partial charge in [0, 0.05) is 24.0 Å². The molecule has 104 valence electrons. The van der Waals surface area contributed by atoms with E-state index in [0.717, 1.165) is 30.5 Å². The lowest BCUT2D eigenvalue weighted by Crippen LogP contribution is -2.31. The van der Waals surface area contributed by atoms with Crippen molar-refractivity contribution in [1.82, 2.24) is 20.1 Å². The van der Waals surface area contributed by atoms with Crippen molar-refractivity contribution in [1.29, 1.82) is 0 Å². The first-order valence-corrected chi connectivity index (χ1v) is 6.90. The van der Waals surface area contributed by atoms with Crippen molar-refractivity contribution in [3.63, 3.8) is 0 Å². The first-order valence-electron chi connectivity index (χ1n) is 6.90. The van der Waals surface area contributed by atoms with Crippen LogP contribution in [-0.2, 0) is 13.5 Å². The number of carbonyl (C=O) groups is 1. The summed E-state index contributed by atoms with van der Waals surface area (Å²) in [6, 6.07) is 5.53. The van der Waals surface area contributed by atoms with Crippen LogP contribution in [0, 0.1) is 6.92 Å². The van der Waals surface area contributed by atoms with E-state index in [1.807, 2.05) is 37.0 Å². The Labute approximate surface area is 118 Å². The lowest BCUT2D eigenvalue weighted by atomic mass is 9.93. The van der Waals surface area contributed by atoms with Gasteiger partial charge in [0.2, 0.25) is 0 Å². The summed E-state index contributed by atoms with van der Waals surface area (Å²) in [5, 5.41) is 7.37. The maximum Gasteiger partial charge on any atom is 0.270 e. The number of amides is 1. The monoisotopic (exact) mass is 270 g/mol. The molecule has 1 amide bonds. The second-order valence-electron chi connectivity index (χ2n) is 5.25. The Morgan fingerprint density at radius 2 is 2.30 bits per heavy atom. The minimum Gasteiger partial charge on any atom is -0.344 e. The highest BCUT2D eigenvalue weighted by atomic mass is 16.1. The fourth-order valence-corrected chi connectivity index (χ4v) is 2.76. The van der Waals surface area contributed by atoms with E-state index in [1.54, 1.807) is 6.07 Å². The molecule has 3 rings (SSSR count). The molecular formula is C15H18N4O. The van der Waals surface area contributed by atoms with Gasteiger partial charge in [-0.05, 0) is 38.3 Å². The SMILES string of the molecule is Cc1cccc(C(=O)N[C@H]2CCCc3c2cnn3C)n1. The summed E-state index contributed by atoms with van der Waals surface area (Å²) in [5.74, 6) is -0.115. The molecule has 0 unspecified atom stereocenters. The summed E-state index contributed by atoms with van der Waals surface area (Å²) < 4.78 is 1.90. The molecule has 1 N–H and O–H groups in total. The third-order valence-corrected chi connectivity index (χ3v) is 3.80. The lowest BCUT2D eigenvalue weighted by Gasteiger charge is -2.23. The number of hydrogen-bond donors (Lipinski definition) is 1. The summed E-state index contributed by atoms with van der Waals surface area (Å²) in [6.45, 7) is 1.89. The number of fused-ring (bicyclic) bond motifs is 1. The summed E-state index contributed by atoms with van der Waals surface area (Å²) >= 11 is 0. The molecule has 20 heavy (non-hydrogen) atoms. The van der Waals surface area contributed by atoms with Crippen LogP contribution in [0.1, 0.15) is 46.3 Å². The maximum absolute atomic E-state index is 12.3. The van der Waals surface area contributed by atoms with E-state index in [2.05, 4.69) is 15.4 Å². The molecule has 2 aromatic heterocycles. The van der Waals surface area contributed by atoms with Gasteiger partial charge >= 0.3 is 0 Å². The summed E-state index contributed by atoms with van der Waals surface area (Å²) in [6.07, 6.45) is 4.92. The Kier molecular flexibility index (Phi) is 3.26. The number of nitrogens with one attached hydrogen (secondary N) is 1. The normalized spacial score (nSPS) is 17.6. The standard InChI is InChI=1S/C15H18N4O/c1-10-5-3-7-13(17-10)15(20)18-12-6-4-8-14-11(12)9-16-19(14)2/h3,5,7,9,12H,4,6,8H2,1-2H3,(H,18,20)/t12-/m0/s1. The molecule has 0 aromatic carbocycles. The van der Waals surface area contributed by atoms with Gasteiger partial charge in [0.15, 0.2) is 0 Å². The van der Waals surface area contributed by atoms with Gasteiger partial charge in [0.05, 0.1) is 12.2 Å². The van der Waals surface area contributed by atoms with Crippen LogP contribution in [0.2, 0.25) is 0 Å². The van der Waals surface area contributed by atoms with Gasteiger partial charge in [0.25, 0.3) is 5.91 Å². The molecule has 0 spiro atoms.